The number of piperazine rings is 1. The molecule has 0 saturated carbocycles. The first-order valence-electron chi connectivity index (χ1n) is 7.21. The minimum Gasteiger partial charge on any atom is -0.342 e. The van der Waals surface area contributed by atoms with Crippen molar-refractivity contribution < 1.29 is 14.0 Å². The van der Waals surface area contributed by atoms with E-state index in [9.17, 15) is 14.0 Å². The molecule has 1 aliphatic rings. The minimum atomic E-state index is -0.638. The molecule has 2 unspecified atom stereocenters. The van der Waals surface area contributed by atoms with E-state index in [1.54, 1.807) is 19.9 Å². The van der Waals surface area contributed by atoms with Crippen LogP contribution in [-0.2, 0) is 9.59 Å². The predicted molar refractivity (Wildman–Crippen MR) is 79.5 cm³/mol. The van der Waals surface area contributed by atoms with Crippen LogP contribution < -0.4 is 10.2 Å². The van der Waals surface area contributed by atoms with E-state index >= 15 is 0 Å². The van der Waals surface area contributed by atoms with E-state index in [2.05, 4.69) is 5.32 Å². The summed E-state index contributed by atoms with van der Waals surface area (Å²) in [5.41, 5.74) is 1.24. The number of benzene rings is 1. The zero-order valence-corrected chi connectivity index (χ0v) is 12.8. The number of hydrogen-bond acceptors (Lipinski definition) is 2. The lowest BCUT2D eigenvalue weighted by Crippen LogP contribution is -2.63. The van der Waals surface area contributed by atoms with Crippen LogP contribution in [0.1, 0.15) is 32.8 Å². The van der Waals surface area contributed by atoms with Crippen molar-refractivity contribution in [2.24, 2.45) is 5.92 Å². The first-order chi connectivity index (χ1) is 9.81. The highest BCUT2D eigenvalue weighted by molar-refractivity contribution is 6.08. The molecule has 1 aromatic rings. The molecule has 1 saturated heterocycles. The van der Waals surface area contributed by atoms with E-state index in [-0.39, 0.29) is 17.7 Å². The summed E-state index contributed by atoms with van der Waals surface area (Å²) in [6.45, 7) is 7.45. The first kappa shape index (κ1) is 15.5. The Morgan fingerprint density at radius 2 is 2.00 bits per heavy atom. The molecule has 0 bridgehead atoms. The molecule has 1 fully saturated rings. The largest absolute Gasteiger partial charge is 0.342 e. The van der Waals surface area contributed by atoms with Gasteiger partial charge in [-0.3, -0.25) is 14.5 Å². The third-order valence-electron chi connectivity index (χ3n) is 3.76. The topological polar surface area (TPSA) is 49.4 Å². The van der Waals surface area contributed by atoms with Crippen LogP contribution >= 0.6 is 0 Å². The van der Waals surface area contributed by atoms with Gasteiger partial charge in [0.1, 0.15) is 17.9 Å². The highest BCUT2D eigenvalue weighted by Crippen LogP contribution is 2.27. The van der Waals surface area contributed by atoms with Crippen molar-refractivity contribution in [1.82, 2.24) is 5.32 Å². The average Bonchev–Trinajstić information content (AvgIpc) is 2.39. The lowest BCUT2D eigenvalue weighted by Gasteiger charge is -2.38. The van der Waals surface area contributed by atoms with Crippen LogP contribution in [-0.4, -0.2) is 23.9 Å². The minimum absolute atomic E-state index is 0.176. The van der Waals surface area contributed by atoms with Crippen LogP contribution in [0.25, 0.3) is 0 Å². The molecule has 2 amide bonds. The summed E-state index contributed by atoms with van der Waals surface area (Å²) in [6, 6.07) is 3.10. The van der Waals surface area contributed by atoms with Crippen molar-refractivity contribution in [2.75, 3.05) is 4.90 Å². The lowest BCUT2D eigenvalue weighted by atomic mass is 9.97. The van der Waals surface area contributed by atoms with Gasteiger partial charge in [0.2, 0.25) is 11.8 Å². The van der Waals surface area contributed by atoms with E-state index in [0.29, 0.717) is 12.1 Å². The zero-order valence-electron chi connectivity index (χ0n) is 12.8. The van der Waals surface area contributed by atoms with E-state index in [4.69, 9.17) is 0 Å². The van der Waals surface area contributed by atoms with Gasteiger partial charge in [0.05, 0.1) is 5.69 Å². The molecule has 2 rings (SSSR count). The molecule has 4 nitrogen and oxygen atoms in total. The maximum absolute atomic E-state index is 13.5. The highest BCUT2D eigenvalue weighted by Gasteiger charge is 2.39. The van der Waals surface area contributed by atoms with Gasteiger partial charge < -0.3 is 5.32 Å². The monoisotopic (exact) mass is 292 g/mol. The quantitative estimate of drug-likeness (QED) is 0.930. The van der Waals surface area contributed by atoms with Gasteiger partial charge in [0.15, 0.2) is 0 Å². The standard InChI is InChI=1S/C16H21FN2O2/c1-9(2)7-13-16(21)19(11(4)15(20)18-13)14-8-12(17)6-5-10(14)3/h5-6,8-9,11,13H,7H2,1-4H3,(H,18,20). The Balaban J connectivity index is 2.41. The Morgan fingerprint density at radius 3 is 2.62 bits per heavy atom. The summed E-state index contributed by atoms with van der Waals surface area (Å²) in [5.74, 6) is -0.515. The predicted octanol–water partition coefficient (Wildman–Crippen LogP) is 2.40. The van der Waals surface area contributed by atoms with Crippen molar-refractivity contribution in [2.45, 2.75) is 46.2 Å². The summed E-state index contributed by atoms with van der Waals surface area (Å²) in [4.78, 5) is 26.2. The van der Waals surface area contributed by atoms with Gasteiger partial charge >= 0.3 is 0 Å². The first-order valence-corrected chi connectivity index (χ1v) is 7.21. The van der Waals surface area contributed by atoms with Gasteiger partial charge in [0.25, 0.3) is 0 Å². The Bertz CT molecular complexity index is 571. The second-order valence-electron chi connectivity index (χ2n) is 6.01. The Labute approximate surface area is 124 Å². The average molecular weight is 292 g/mol. The molecule has 1 heterocycles. The van der Waals surface area contributed by atoms with Gasteiger partial charge in [-0.2, -0.15) is 0 Å². The number of carbonyl (C=O) groups is 2. The molecule has 1 aliphatic heterocycles. The lowest BCUT2D eigenvalue weighted by molar-refractivity contribution is -0.133. The third kappa shape index (κ3) is 3.06. The molecule has 1 aromatic carbocycles. The van der Waals surface area contributed by atoms with Gasteiger partial charge in [-0.1, -0.05) is 19.9 Å². The smallest absolute Gasteiger partial charge is 0.250 e. The molecule has 114 valence electrons. The van der Waals surface area contributed by atoms with Gasteiger partial charge in [-0.05, 0) is 43.9 Å². The van der Waals surface area contributed by atoms with Crippen molar-refractivity contribution in [3.63, 3.8) is 0 Å². The maximum Gasteiger partial charge on any atom is 0.250 e. The van der Waals surface area contributed by atoms with Crippen LogP contribution in [0.5, 0.6) is 0 Å². The molecule has 21 heavy (non-hydrogen) atoms. The Kier molecular flexibility index (Phi) is 4.30. The summed E-state index contributed by atoms with van der Waals surface area (Å²) in [5, 5.41) is 2.76. The van der Waals surface area contributed by atoms with Crippen LogP contribution in [0.2, 0.25) is 0 Å². The van der Waals surface area contributed by atoms with E-state index < -0.39 is 17.9 Å². The Hall–Kier alpha value is -1.91. The van der Waals surface area contributed by atoms with Crippen LogP contribution in [0.15, 0.2) is 18.2 Å². The number of rotatable bonds is 3. The molecule has 0 radical (unpaired) electrons. The zero-order chi connectivity index (χ0) is 15.7. The van der Waals surface area contributed by atoms with Gasteiger partial charge in [-0.15, -0.1) is 0 Å². The molecule has 0 aliphatic carbocycles. The Morgan fingerprint density at radius 1 is 1.33 bits per heavy atom. The summed E-state index contributed by atoms with van der Waals surface area (Å²) in [6.07, 6.45) is 0.572. The summed E-state index contributed by atoms with van der Waals surface area (Å²) >= 11 is 0. The van der Waals surface area contributed by atoms with Crippen LogP contribution in [0.3, 0.4) is 0 Å². The summed E-state index contributed by atoms with van der Waals surface area (Å²) in [7, 11) is 0. The highest BCUT2D eigenvalue weighted by atomic mass is 19.1. The van der Waals surface area contributed by atoms with Gasteiger partial charge in [-0.25, -0.2) is 4.39 Å². The number of anilines is 1. The molecular formula is C16H21FN2O2. The van der Waals surface area contributed by atoms with E-state index in [0.717, 1.165) is 5.56 Å². The number of hydrogen-bond donors (Lipinski definition) is 1. The summed E-state index contributed by atoms with van der Waals surface area (Å²) < 4.78 is 13.5. The second-order valence-corrected chi connectivity index (χ2v) is 6.01. The SMILES string of the molecule is Cc1ccc(F)cc1N1C(=O)C(CC(C)C)NC(=O)C1C. The van der Waals surface area contributed by atoms with Crippen molar-refractivity contribution in [1.29, 1.82) is 0 Å². The van der Waals surface area contributed by atoms with Crippen LogP contribution in [0.4, 0.5) is 10.1 Å². The van der Waals surface area contributed by atoms with Crippen molar-refractivity contribution >= 4 is 17.5 Å². The van der Waals surface area contributed by atoms with Crippen molar-refractivity contribution in [3.05, 3.63) is 29.6 Å². The number of aryl methyl sites for hydroxylation is 1. The fraction of sp³-hybridized carbons (Fsp3) is 0.500. The number of amides is 2. The van der Waals surface area contributed by atoms with Gasteiger partial charge in [0, 0.05) is 0 Å². The fourth-order valence-corrected chi connectivity index (χ4v) is 2.63. The fourth-order valence-electron chi connectivity index (χ4n) is 2.63. The molecule has 1 N–H and O–H groups in total. The number of nitrogens with one attached hydrogen (secondary N) is 1. The molecule has 0 aromatic heterocycles. The number of nitrogens with zero attached hydrogens (tertiary/aromatic N) is 1. The van der Waals surface area contributed by atoms with Crippen molar-refractivity contribution in [3.8, 4) is 0 Å². The third-order valence-corrected chi connectivity index (χ3v) is 3.76. The number of carbonyl (C=O) groups excluding carboxylic acids is 2. The normalized spacial score (nSPS) is 22.7. The van der Waals surface area contributed by atoms with E-state index in [1.165, 1.54) is 17.0 Å². The molecular weight excluding hydrogens is 271 g/mol. The molecule has 5 heteroatoms. The van der Waals surface area contributed by atoms with E-state index in [1.807, 2.05) is 13.8 Å². The maximum atomic E-state index is 13.5. The van der Waals surface area contributed by atoms with Crippen LogP contribution in [0, 0.1) is 18.7 Å². The number of halogens is 1. The molecule has 2 atom stereocenters. The molecule has 0 spiro atoms. The second kappa shape index (κ2) is 5.84.